The van der Waals surface area contributed by atoms with Gasteiger partial charge in [-0.05, 0) is 43.0 Å². The van der Waals surface area contributed by atoms with Gasteiger partial charge in [0.2, 0.25) is 5.91 Å². The van der Waals surface area contributed by atoms with Crippen LogP contribution in [-0.2, 0) is 11.8 Å². The van der Waals surface area contributed by atoms with Crippen molar-refractivity contribution < 1.29 is 4.79 Å². The maximum absolute atomic E-state index is 11.4. The second-order valence-corrected chi connectivity index (χ2v) is 6.16. The molecule has 1 rings (SSSR count). The second-order valence-electron chi connectivity index (χ2n) is 4.91. The molecule has 3 N–H and O–H groups in total. The number of nitrogens with two attached hydrogens (primary N) is 1. The van der Waals surface area contributed by atoms with Crippen LogP contribution in [-0.4, -0.2) is 15.7 Å². The largest absolute Gasteiger partial charge is 0.376 e. The van der Waals surface area contributed by atoms with Crippen molar-refractivity contribution >= 4 is 21.8 Å². The molecule has 0 saturated heterocycles. The molecule has 0 spiro atoms. The van der Waals surface area contributed by atoms with Gasteiger partial charge >= 0.3 is 0 Å². The molecule has 6 heteroatoms. The minimum atomic E-state index is -0.550. The van der Waals surface area contributed by atoms with E-state index in [9.17, 15) is 4.79 Å². The van der Waals surface area contributed by atoms with E-state index >= 15 is 0 Å². The van der Waals surface area contributed by atoms with E-state index in [1.54, 1.807) is 4.68 Å². The number of amides is 1. The number of hydrogen-bond acceptors (Lipinski definition) is 3. The molecule has 0 aromatic carbocycles. The van der Waals surface area contributed by atoms with Gasteiger partial charge in [-0.25, -0.2) is 0 Å². The number of nitrogens with zero attached hydrogens (tertiary/aromatic N) is 2. The summed E-state index contributed by atoms with van der Waals surface area (Å²) in [6, 6.07) is 1.85. The van der Waals surface area contributed by atoms with Crippen molar-refractivity contribution in [3.05, 3.63) is 51.9 Å². The van der Waals surface area contributed by atoms with Crippen LogP contribution >= 0.6 is 15.9 Å². The monoisotopic (exact) mass is 352 g/mol. The van der Waals surface area contributed by atoms with Crippen LogP contribution in [0.3, 0.4) is 0 Å². The summed E-state index contributed by atoms with van der Waals surface area (Å²) in [5.74, 6) is -0.550. The molecular formula is C15H21BrN4O. The zero-order valence-corrected chi connectivity index (χ0v) is 14.4. The Morgan fingerprint density at radius 3 is 2.62 bits per heavy atom. The Balaban J connectivity index is 3.11. The van der Waals surface area contributed by atoms with E-state index in [0.29, 0.717) is 5.70 Å². The number of carbonyl (C=O) groups excluding carboxylic acids is 1. The first kappa shape index (κ1) is 17.2. The van der Waals surface area contributed by atoms with Crippen LogP contribution in [0.5, 0.6) is 0 Å². The van der Waals surface area contributed by atoms with E-state index in [2.05, 4.69) is 32.9 Å². The molecule has 1 unspecified atom stereocenters. The number of halogens is 1. The molecule has 0 fully saturated rings. The zero-order chi connectivity index (χ0) is 16.2. The molecule has 1 aromatic heterocycles. The molecule has 0 aliphatic heterocycles. The van der Waals surface area contributed by atoms with Crippen molar-refractivity contribution in [1.29, 1.82) is 0 Å². The molecule has 1 heterocycles. The van der Waals surface area contributed by atoms with Crippen molar-refractivity contribution in [1.82, 2.24) is 15.1 Å². The lowest BCUT2D eigenvalue weighted by molar-refractivity contribution is -0.114. The summed E-state index contributed by atoms with van der Waals surface area (Å²) < 4.78 is 2.68. The molecule has 1 amide bonds. The Morgan fingerprint density at radius 1 is 1.57 bits per heavy atom. The quantitative estimate of drug-likeness (QED) is 0.610. The highest BCUT2D eigenvalue weighted by atomic mass is 79.9. The molecule has 1 aromatic rings. The number of aromatic nitrogens is 2. The fourth-order valence-electron chi connectivity index (χ4n) is 1.89. The van der Waals surface area contributed by atoms with Gasteiger partial charge in [-0.1, -0.05) is 22.5 Å². The number of nitrogens with one attached hydrogen (secondary N) is 1. The third kappa shape index (κ3) is 4.90. The van der Waals surface area contributed by atoms with Gasteiger partial charge in [-0.15, -0.1) is 0 Å². The van der Waals surface area contributed by atoms with E-state index < -0.39 is 5.91 Å². The van der Waals surface area contributed by atoms with E-state index in [4.69, 9.17) is 5.73 Å². The number of allylic oxidation sites excluding steroid dienone is 3. The molecule has 114 valence electrons. The van der Waals surface area contributed by atoms with Crippen molar-refractivity contribution in [2.75, 3.05) is 0 Å². The number of carbonyl (C=O) groups is 1. The smallest absolute Gasteiger partial charge is 0.250 e. The first-order valence-electron chi connectivity index (χ1n) is 6.52. The molecule has 5 nitrogen and oxygen atoms in total. The SMILES string of the molecule is C=C(C(N)=O)/C(NC(C)c1ccn(C)n1)=C(C)/C=C(\C)Br. The Labute approximate surface area is 133 Å². The minimum absolute atomic E-state index is 0.0729. The standard InChI is InChI=1S/C15H21BrN4O/c1-9(8-10(2)16)14(11(3)15(17)21)18-12(4)13-6-7-20(5)19-13/h6-8,12,18H,3H2,1-2,4-5H3,(H2,17,21)/b10-8+,14-9-. The summed E-state index contributed by atoms with van der Waals surface area (Å²) >= 11 is 3.38. The molecule has 21 heavy (non-hydrogen) atoms. The highest BCUT2D eigenvalue weighted by Crippen LogP contribution is 2.19. The molecule has 0 radical (unpaired) electrons. The van der Waals surface area contributed by atoms with E-state index in [1.165, 1.54) is 0 Å². The summed E-state index contributed by atoms with van der Waals surface area (Å²) in [5, 5.41) is 7.62. The lowest BCUT2D eigenvalue weighted by Gasteiger charge is -2.19. The Morgan fingerprint density at radius 2 is 2.19 bits per heavy atom. The average Bonchev–Trinajstić information content (AvgIpc) is 2.80. The first-order valence-corrected chi connectivity index (χ1v) is 7.31. The van der Waals surface area contributed by atoms with E-state index in [1.807, 2.05) is 46.2 Å². The first-order chi connectivity index (χ1) is 9.72. The number of aryl methyl sites for hydroxylation is 1. The Bertz CT molecular complexity index is 609. The van der Waals surface area contributed by atoms with Crippen LogP contribution in [0.4, 0.5) is 0 Å². The van der Waals surface area contributed by atoms with Gasteiger partial charge in [-0.3, -0.25) is 9.48 Å². The minimum Gasteiger partial charge on any atom is -0.376 e. The van der Waals surface area contributed by atoms with E-state index in [-0.39, 0.29) is 11.6 Å². The summed E-state index contributed by atoms with van der Waals surface area (Å²) in [7, 11) is 1.86. The number of hydrogen-bond donors (Lipinski definition) is 2. The highest BCUT2D eigenvalue weighted by molar-refractivity contribution is 9.11. The van der Waals surface area contributed by atoms with Crippen molar-refractivity contribution in [2.24, 2.45) is 12.8 Å². The summed E-state index contributed by atoms with van der Waals surface area (Å²) in [6.07, 6.45) is 3.77. The third-order valence-electron chi connectivity index (χ3n) is 2.95. The lowest BCUT2D eigenvalue weighted by atomic mass is 10.1. The van der Waals surface area contributed by atoms with Crippen LogP contribution in [0.15, 0.2) is 46.2 Å². The van der Waals surface area contributed by atoms with Crippen LogP contribution in [0.25, 0.3) is 0 Å². The van der Waals surface area contributed by atoms with Crippen LogP contribution < -0.4 is 11.1 Å². The Hall–Kier alpha value is -1.82. The van der Waals surface area contributed by atoms with Crippen molar-refractivity contribution in [2.45, 2.75) is 26.8 Å². The van der Waals surface area contributed by atoms with Gasteiger partial charge in [0.05, 0.1) is 17.3 Å². The molecule has 0 aliphatic carbocycles. The van der Waals surface area contributed by atoms with Crippen LogP contribution in [0.2, 0.25) is 0 Å². The summed E-state index contributed by atoms with van der Waals surface area (Å²) in [6.45, 7) is 9.54. The predicted molar refractivity (Wildman–Crippen MR) is 88.5 cm³/mol. The Kier molecular flexibility index (Phi) is 5.96. The van der Waals surface area contributed by atoms with Gasteiger partial charge in [0.25, 0.3) is 0 Å². The fraction of sp³-hybridized carbons (Fsp3) is 0.333. The van der Waals surface area contributed by atoms with Gasteiger partial charge in [0.15, 0.2) is 0 Å². The third-order valence-corrected chi connectivity index (χ3v) is 3.18. The molecule has 1 atom stereocenters. The summed E-state index contributed by atoms with van der Waals surface area (Å²) in [4.78, 5) is 11.4. The second kappa shape index (κ2) is 7.26. The topological polar surface area (TPSA) is 72.9 Å². The average molecular weight is 353 g/mol. The maximum Gasteiger partial charge on any atom is 0.250 e. The van der Waals surface area contributed by atoms with Gasteiger partial charge in [0.1, 0.15) is 0 Å². The number of rotatable bonds is 6. The van der Waals surface area contributed by atoms with Crippen LogP contribution in [0.1, 0.15) is 32.5 Å². The van der Waals surface area contributed by atoms with Crippen molar-refractivity contribution in [3.63, 3.8) is 0 Å². The lowest BCUT2D eigenvalue weighted by Crippen LogP contribution is -2.26. The summed E-state index contributed by atoms with van der Waals surface area (Å²) in [5.41, 5.74) is 7.98. The van der Waals surface area contributed by atoms with Gasteiger partial charge < -0.3 is 11.1 Å². The van der Waals surface area contributed by atoms with Crippen LogP contribution in [0, 0.1) is 0 Å². The number of primary amides is 1. The van der Waals surface area contributed by atoms with E-state index in [0.717, 1.165) is 15.7 Å². The zero-order valence-electron chi connectivity index (χ0n) is 12.8. The molecule has 0 saturated carbocycles. The normalized spacial score (nSPS) is 14.4. The predicted octanol–water partition coefficient (Wildman–Crippen LogP) is 2.68. The molecular weight excluding hydrogens is 332 g/mol. The van der Waals surface area contributed by atoms with Gasteiger partial charge in [-0.2, -0.15) is 5.10 Å². The fourth-order valence-corrected chi connectivity index (χ4v) is 2.23. The molecule has 0 bridgehead atoms. The van der Waals surface area contributed by atoms with Crippen molar-refractivity contribution in [3.8, 4) is 0 Å². The van der Waals surface area contributed by atoms with Gasteiger partial charge in [0, 0.05) is 18.9 Å². The maximum atomic E-state index is 11.4. The molecule has 0 aliphatic rings. The highest BCUT2D eigenvalue weighted by Gasteiger charge is 2.16.